The third-order valence-electron chi connectivity index (χ3n) is 3.07. The van der Waals surface area contributed by atoms with E-state index in [-0.39, 0.29) is 17.8 Å². The zero-order valence-electron chi connectivity index (χ0n) is 12.4. The molecule has 1 amide bonds. The van der Waals surface area contributed by atoms with Crippen molar-refractivity contribution in [2.75, 3.05) is 24.2 Å². The molecule has 7 nitrogen and oxygen atoms in total. The second-order valence-electron chi connectivity index (χ2n) is 4.86. The highest BCUT2D eigenvalue weighted by Gasteiger charge is 2.19. The van der Waals surface area contributed by atoms with Gasteiger partial charge in [0.05, 0.1) is 6.33 Å². The van der Waals surface area contributed by atoms with Gasteiger partial charge in [-0.15, -0.1) is 0 Å². The summed E-state index contributed by atoms with van der Waals surface area (Å²) in [5.41, 5.74) is 5.84. The van der Waals surface area contributed by atoms with Gasteiger partial charge in [0, 0.05) is 38.6 Å². The Bertz CT molecular complexity index is 594. The van der Waals surface area contributed by atoms with E-state index >= 15 is 0 Å². The number of carbonyl (C=O) groups is 1. The molecule has 2 heterocycles. The molecule has 21 heavy (non-hydrogen) atoms. The highest BCUT2D eigenvalue weighted by molar-refractivity contribution is 7.18. The number of hydrogen-bond acceptors (Lipinski definition) is 6. The van der Waals surface area contributed by atoms with Gasteiger partial charge in [0.25, 0.3) is 5.91 Å². The summed E-state index contributed by atoms with van der Waals surface area (Å²) in [6.45, 7) is 5.43. The summed E-state index contributed by atoms with van der Waals surface area (Å²) < 4.78 is 1.91. The molecule has 3 N–H and O–H groups in total. The van der Waals surface area contributed by atoms with Crippen molar-refractivity contribution in [2.45, 2.75) is 26.4 Å². The van der Waals surface area contributed by atoms with Gasteiger partial charge in [-0.2, -0.15) is 0 Å². The van der Waals surface area contributed by atoms with E-state index in [0.717, 1.165) is 11.7 Å². The second-order valence-corrected chi connectivity index (χ2v) is 5.84. The highest BCUT2D eigenvalue weighted by Crippen LogP contribution is 2.27. The van der Waals surface area contributed by atoms with Gasteiger partial charge in [-0.05, 0) is 13.8 Å². The Morgan fingerprint density at radius 3 is 3.00 bits per heavy atom. The Hall–Kier alpha value is -2.09. The number of hydrogen-bond donors (Lipinski definition) is 2. The van der Waals surface area contributed by atoms with Crippen LogP contribution in [0.4, 0.5) is 10.9 Å². The molecule has 2 aromatic rings. The van der Waals surface area contributed by atoms with Crippen molar-refractivity contribution in [1.82, 2.24) is 19.9 Å². The molecular formula is C13H20N6OS. The van der Waals surface area contributed by atoms with E-state index in [1.165, 1.54) is 11.3 Å². The fraction of sp³-hybridized carbons (Fsp3) is 0.462. The molecule has 0 fully saturated rings. The number of anilines is 2. The maximum atomic E-state index is 12.3. The van der Waals surface area contributed by atoms with Crippen LogP contribution in [0, 0.1) is 0 Å². The van der Waals surface area contributed by atoms with Crippen LogP contribution in [0.3, 0.4) is 0 Å². The Balaban J connectivity index is 2.01. The number of nitrogens with zero attached hydrogens (tertiary/aromatic N) is 4. The first-order valence-electron chi connectivity index (χ1n) is 6.75. The van der Waals surface area contributed by atoms with Crippen LogP contribution in [0.1, 0.15) is 23.5 Å². The first kappa shape index (κ1) is 15.3. The van der Waals surface area contributed by atoms with Gasteiger partial charge in [0.1, 0.15) is 10.7 Å². The third kappa shape index (κ3) is 3.72. The highest BCUT2D eigenvalue weighted by atomic mass is 32.1. The number of rotatable bonds is 6. The molecule has 2 rings (SSSR count). The molecular weight excluding hydrogens is 288 g/mol. The molecule has 8 heteroatoms. The molecule has 0 aliphatic heterocycles. The molecule has 0 aliphatic rings. The predicted octanol–water partition coefficient (Wildman–Crippen LogP) is 1.20. The van der Waals surface area contributed by atoms with Crippen LogP contribution < -0.4 is 16.0 Å². The molecule has 0 radical (unpaired) electrons. The maximum absolute atomic E-state index is 12.3. The van der Waals surface area contributed by atoms with Crippen LogP contribution in [-0.4, -0.2) is 40.1 Å². The lowest BCUT2D eigenvalue weighted by atomic mass is 10.3. The minimum absolute atomic E-state index is 0.0273. The first-order chi connectivity index (χ1) is 10.0. The van der Waals surface area contributed by atoms with Crippen molar-refractivity contribution in [3.05, 3.63) is 23.6 Å². The molecule has 1 unspecified atom stereocenters. The van der Waals surface area contributed by atoms with Gasteiger partial charge >= 0.3 is 0 Å². The van der Waals surface area contributed by atoms with E-state index in [9.17, 15) is 4.79 Å². The lowest BCUT2D eigenvalue weighted by molar-refractivity contribution is 0.0941. The number of thiazole rings is 1. The normalized spacial score (nSPS) is 12.1. The van der Waals surface area contributed by atoms with Crippen molar-refractivity contribution < 1.29 is 4.79 Å². The Kier molecular flexibility index (Phi) is 4.79. The predicted molar refractivity (Wildman–Crippen MR) is 84.6 cm³/mol. The van der Waals surface area contributed by atoms with E-state index in [4.69, 9.17) is 5.73 Å². The Labute approximate surface area is 127 Å². The van der Waals surface area contributed by atoms with Gasteiger partial charge in [-0.1, -0.05) is 11.3 Å². The van der Waals surface area contributed by atoms with Crippen LogP contribution >= 0.6 is 11.3 Å². The monoisotopic (exact) mass is 308 g/mol. The molecule has 0 bridgehead atoms. The number of aromatic nitrogens is 3. The molecule has 1 atom stereocenters. The van der Waals surface area contributed by atoms with E-state index in [0.29, 0.717) is 11.4 Å². The summed E-state index contributed by atoms with van der Waals surface area (Å²) in [4.78, 5) is 22.9. The average Bonchev–Trinajstić information content (AvgIpc) is 3.07. The van der Waals surface area contributed by atoms with Crippen molar-refractivity contribution in [3.8, 4) is 0 Å². The van der Waals surface area contributed by atoms with Crippen molar-refractivity contribution in [3.63, 3.8) is 0 Å². The number of amides is 1. The fourth-order valence-electron chi connectivity index (χ4n) is 1.83. The smallest absolute Gasteiger partial charge is 0.265 e. The van der Waals surface area contributed by atoms with Crippen LogP contribution in [-0.2, 0) is 6.54 Å². The van der Waals surface area contributed by atoms with E-state index in [1.54, 1.807) is 12.5 Å². The topological polar surface area (TPSA) is 89.1 Å². The summed E-state index contributed by atoms with van der Waals surface area (Å²) in [7, 11) is 1.92. The molecule has 0 saturated heterocycles. The van der Waals surface area contributed by atoms with Crippen molar-refractivity contribution in [1.29, 1.82) is 0 Å². The van der Waals surface area contributed by atoms with Gasteiger partial charge < -0.3 is 20.5 Å². The standard InChI is InChI=1S/C13H20N6OS/c1-4-18(3)13-17-11(14)10(21-13)12(20)16-9(2)7-19-6-5-15-8-19/h5-6,8-9H,4,7,14H2,1-3H3,(H,16,20). The molecule has 0 aromatic carbocycles. The van der Waals surface area contributed by atoms with Crippen LogP contribution in [0.25, 0.3) is 0 Å². The Morgan fingerprint density at radius 2 is 2.38 bits per heavy atom. The lowest BCUT2D eigenvalue weighted by Gasteiger charge is -2.13. The van der Waals surface area contributed by atoms with Crippen molar-refractivity contribution in [2.24, 2.45) is 0 Å². The number of imidazole rings is 1. The minimum atomic E-state index is -0.187. The van der Waals surface area contributed by atoms with Crippen molar-refractivity contribution >= 4 is 28.2 Å². The van der Waals surface area contributed by atoms with Crippen LogP contribution in [0.5, 0.6) is 0 Å². The summed E-state index contributed by atoms with van der Waals surface area (Å²) in [6.07, 6.45) is 5.29. The summed E-state index contributed by atoms with van der Waals surface area (Å²) in [6, 6.07) is -0.0273. The molecule has 114 valence electrons. The van der Waals surface area contributed by atoms with E-state index in [1.807, 2.05) is 36.6 Å². The third-order valence-corrected chi connectivity index (χ3v) is 4.25. The fourth-order valence-corrected chi connectivity index (χ4v) is 2.74. The van der Waals surface area contributed by atoms with Gasteiger partial charge in [0.2, 0.25) is 0 Å². The zero-order valence-corrected chi connectivity index (χ0v) is 13.2. The number of nitrogens with two attached hydrogens (primary N) is 1. The zero-order chi connectivity index (χ0) is 15.4. The van der Waals surface area contributed by atoms with Crippen LogP contribution in [0.2, 0.25) is 0 Å². The summed E-state index contributed by atoms with van der Waals surface area (Å²) in [5, 5.41) is 3.68. The largest absolute Gasteiger partial charge is 0.382 e. The number of nitrogens with one attached hydrogen (secondary N) is 1. The van der Waals surface area contributed by atoms with E-state index < -0.39 is 0 Å². The average molecular weight is 308 g/mol. The van der Waals surface area contributed by atoms with Gasteiger partial charge in [-0.25, -0.2) is 9.97 Å². The summed E-state index contributed by atoms with van der Waals surface area (Å²) >= 11 is 1.31. The molecule has 2 aromatic heterocycles. The van der Waals surface area contributed by atoms with E-state index in [2.05, 4.69) is 15.3 Å². The second kappa shape index (κ2) is 6.57. The van der Waals surface area contributed by atoms with Gasteiger partial charge in [0.15, 0.2) is 5.13 Å². The molecule has 0 aliphatic carbocycles. The molecule has 0 saturated carbocycles. The summed E-state index contributed by atoms with van der Waals surface area (Å²) in [5.74, 6) is 0.0935. The molecule has 0 spiro atoms. The number of carbonyl (C=O) groups excluding carboxylic acids is 1. The van der Waals surface area contributed by atoms with Crippen LogP contribution in [0.15, 0.2) is 18.7 Å². The maximum Gasteiger partial charge on any atom is 0.265 e. The number of nitrogen functional groups attached to an aromatic ring is 1. The first-order valence-corrected chi connectivity index (χ1v) is 7.57. The van der Waals surface area contributed by atoms with Gasteiger partial charge in [-0.3, -0.25) is 4.79 Å². The minimum Gasteiger partial charge on any atom is -0.382 e. The SMILES string of the molecule is CCN(C)c1nc(N)c(C(=O)NC(C)Cn2ccnc2)s1. The Morgan fingerprint density at radius 1 is 1.62 bits per heavy atom. The quantitative estimate of drug-likeness (QED) is 0.837. The lowest BCUT2D eigenvalue weighted by Crippen LogP contribution is -2.35.